The average Bonchev–Trinajstić information content (AvgIpc) is 3.37. The summed E-state index contributed by atoms with van der Waals surface area (Å²) in [6.45, 7) is 1.66. The van der Waals surface area contributed by atoms with Crippen LogP contribution in [-0.2, 0) is 10.0 Å². The van der Waals surface area contributed by atoms with E-state index in [0.717, 1.165) is 49.3 Å². The van der Waals surface area contributed by atoms with E-state index in [0.29, 0.717) is 32.2 Å². The van der Waals surface area contributed by atoms with Crippen molar-refractivity contribution in [1.29, 1.82) is 5.26 Å². The summed E-state index contributed by atoms with van der Waals surface area (Å²) in [5, 5.41) is 12.1. The van der Waals surface area contributed by atoms with Crippen molar-refractivity contribution in [1.82, 2.24) is 14.2 Å². The van der Waals surface area contributed by atoms with Gasteiger partial charge in [-0.15, -0.1) is 0 Å². The average molecular weight is 419 g/mol. The number of aromatic nitrogens is 1. The van der Waals surface area contributed by atoms with E-state index in [4.69, 9.17) is 5.26 Å². The Bertz CT molecular complexity index is 894. The number of amidine groups is 1. The van der Waals surface area contributed by atoms with Crippen molar-refractivity contribution in [2.75, 3.05) is 37.9 Å². The molecule has 2 fully saturated rings. The van der Waals surface area contributed by atoms with Gasteiger partial charge in [0.1, 0.15) is 18.3 Å². The van der Waals surface area contributed by atoms with Gasteiger partial charge in [-0.3, -0.25) is 0 Å². The zero-order chi connectivity index (χ0) is 20.4. The Morgan fingerprint density at radius 2 is 2.07 bits per heavy atom. The molecule has 1 saturated heterocycles. The Balaban J connectivity index is 1.31. The number of aromatic amines is 1. The lowest BCUT2D eigenvalue weighted by Gasteiger charge is -2.37. The number of aliphatic imine (C=N–C) groups is 1. The van der Waals surface area contributed by atoms with Gasteiger partial charge in [-0.2, -0.15) is 5.26 Å². The molecule has 3 heterocycles. The Hall–Kier alpha value is -2.05. The lowest BCUT2D eigenvalue weighted by molar-refractivity contribution is 0.238. The van der Waals surface area contributed by atoms with Crippen LogP contribution in [0.1, 0.15) is 44.1 Å². The Kier molecular flexibility index (Phi) is 5.83. The first kappa shape index (κ1) is 20.2. The second-order valence-electron chi connectivity index (χ2n) is 8.52. The molecule has 158 valence electrons. The highest BCUT2D eigenvalue weighted by Crippen LogP contribution is 2.32. The van der Waals surface area contributed by atoms with Crippen LogP contribution in [0.2, 0.25) is 0 Å². The van der Waals surface area contributed by atoms with E-state index >= 15 is 0 Å². The summed E-state index contributed by atoms with van der Waals surface area (Å²) in [5.41, 5.74) is 1.10. The number of nitrogens with one attached hydrogen (secondary N) is 2. The third-order valence-corrected chi connectivity index (χ3v) is 8.65. The highest BCUT2D eigenvalue weighted by Gasteiger charge is 2.35. The Labute approximate surface area is 173 Å². The number of hydrogen-bond acceptors (Lipinski definition) is 6. The molecule has 1 atom stereocenters. The summed E-state index contributed by atoms with van der Waals surface area (Å²) in [4.78, 5) is 10.1. The van der Waals surface area contributed by atoms with Crippen LogP contribution in [0.25, 0.3) is 0 Å². The van der Waals surface area contributed by atoms with Crippen LogP contribution < -0.4 is 5.32 Å². The molecule has 1 unspecified atom stereocenters. The van der Waals surface area contributed by atoms with Gasteiger partial charge in [-0.1, -0.05) is 0 Å². The first-order valence-electron chi connectivity index (χ1n) is 10.5. The second kappa shape index (κ2) is 8.36. The molecule has 1 aliphatic carbocycles. The molecule has 2 aliphatic heterocycles. The van der Waals surface area contributed by atoms with Gasteiger partial charge >= 0.3 is 0 Å². The zero-order valence-electron chi connectivity index (χ0n) is 17.0. The molecule has 0 radical (unpaired) electrons. The molecular formula is C20H30N6O2S. The van der Waals surface area contributed by atoms with E-state index in [1.165, 1.54) is 0 Å². The summed E-state index contributed by atoms with van der Waals surface area (Å²) < 4.78 is 27.3. The molecule has 2 N–H and O–H groups in total. The van der Waals surface area contributed by atoms with Crippen molar-refractivity contribution in [3.63, 3.8) is 0 Å². The lowest BCUT2D eigenvalue weighted by Crippen LogP contribution is -2.42. The fraction of sp³-hybridized carbons (Fsp3) is 0.700. The number of sulfonamides is 1. The maximum Gasteiger partial charge on any atom is 0.214 e. The van der Waals surface area contributed by atoms with Crippen LogP contribution in [-0.4, -0.2) is 67.0 Å². The molecule has 9 heteroatoms. The van der Waals surface area contributed by atoms with Crippen molar-refractivity contribution in [3.8, 4) is 6.07 Å². The maximum absolute atomic E-state index is 12.8. The summed E-state index contributed by atoms with van der Waals surface area (Å²) in [7, 11) is -1.13. The van der Waals surface area contributed by atoms with Gasteiger partial charge in [0, 0.05) is 38.8 Å². The van der Waals surface area contributed by atoms with Crippen LogP contribution in [0, 0.1) is 23.2 Å². The fourth-order valence-electron chi connectivity index (χ4n) is 4.90. The molecule has 0 amide bonds. The number of rotatable bonds is 5. The minimum atomic E-state index is -3.23. The first-order valence-corrected chi connectivity index (χ1v) is 12.1. The normalized spacial score (nSPS) is 27.6. The minimum Gasteiger partial charge on any atom is -0.356 e. The van der Waals surface area contributed by atoms with E-state index in [2.05, 4.69) is 33.3 Å². The van der Waals surface area contributed by atoms with Gasteiger partial charge in [-0.25, -0.2) is 17.7 Å². The largest absolute Gasteiger partial charge is 0.356 e. The molecule has 1 saturated carbocycles. The molecule has 8 nitrogen and oxygen atoms in total. The highest BCUT2D eigenvalue weighted by molar-refractivity contribution is 7.89. The summed E-state index contributed by atoms with van der Waals surface area (Å²) >= 11 is 0. The van der Waals surface area contributed by atoms with Crippen molar-refractivity contribution < 1.29 is 8.42 Å². The summed E-state index contributed by atoms with van der Waals surface area (Å²) in [6, 6.07) is 4.60. The van der Waals surface area contributed by atoms with E-state index in [1.54, 1.807) is 4.31 Å². The van der Waals surface area contributed by atoms with E-state index in [9.17, 15) is 8.42 Å². The minimum absolute atomic E-state index is 0.197. The molecule has 3 aliphatic rings. The molecule has 0 spiro atoms. The quantitative estimate of drug-likeness (QED) is 0.763. The highest BCUT2D eigenvalue weighted by atomic mass is 32.2. The van der Waals surface area contributed by atoms with Crippen molar-refractivity contribution >= 4 is 21.7 Å². The maximum atomic E-state index is 12.8. The molecule has 0 bridgehead atoms. The van der Waals surface area contributed by atoms with Crippen LogP contribution in [0.4, 0.5) is 5.82 Å². The van der Waals surface area contributed by atoms with Crippen LogP contribution >= 0.6 is 0 Å². The second-order valence-corrected chi connectivity index (χ2v) is 10.5. The van der Waals surface area contributed by atoms with Gasteiger partial charge in [0.2, 0.25) is 10.0 Å². The summed E-state index contributed by atoms with van der Waals surface area (Å²) in [6.07, 6.45) is 7.01. The predicted octanol–water partition coefficient (Wildman–Crippen LogP) is 2.20. The van der Waals surface area contributed by atoms with Gasteiger partial charge in [0.25, 0.3) is 0 Å². The molecule has 1 aromatic heterocycles. The predicted molar refractivity (Wildman–Crippen MR) is 113 cm³/mol. The number of H-pyrrole nitrogens is 1. The molecule has 0 aromatic carbocycles. The Morgan fingerprint density at radius 3 is 2.83 bits per heavy atom. The zero-order valence-corrected chi connectivity index (χ0v) is 17.8. The number of hydrogen-bond donors (Lipinski definition) is 2. The molecule has 4 rings (SSSR count). The standard InChI is InChI=1S/C20H30N6O2S/c1-25(20-18-7-10-22-19(18)23-14-24-20)17-4-2-16(3-5-17)13-29(27,28)26-11-8-15(12-26)6-9-21/h7,10,15-17,22-23H,2-6,8,11-14H2,1H3. The van der Waals surface area contributed by atoms with Gasteiger partial charge in [0.15, 0.2) is 0 Å². The molecule has 29 heavy (non-hydrogen) atoms. The lowest BCUT2D eigenvalue weighted by atomic mass is 9.86. The van der Waals surface area contributed by atoms with Crippen LogP contribution in [0.3, 0.4) is 0 Å². The number of nitrogens with zero attached hydrogens (tertiary/aromatic N) is 4. The van der Waals surface area contributed by atoms with E-state index in [1.807, 2.05) is 12.3 Å². The number of nitriles is 1. The molecular weight excluding hydrogens is 388 g/mol. The summed E-state index contributed by atoms with van der Waals surface area (Å²) in [5.74, 6) is 2.69. The third-order valence-electron chi connectivity index (χ3n) is 6.64. The van der Waals surface area contributed by atoms with E-state index in [-0.39, 0.29) is 17.6 Å². The van der Waals surface area contributed by atoms with Gasteiger partial charge in [-0.05, 0) is 50.0 Å². The van der Waals surface area contributed by atoms with Crippen LogP contribution in [0.15, 0.2) is 17.3 Å². The molecule has 1 aromatic rings. The number of fused-ring (bicyclic) bond motifs is 1. The van der Waals surface area contributed by atoms with E-state index < -0.39 is 10.0 Å². The SMILES string of the molecule is CN(C1=NCNc2[nH]ccc21)C1CCC(CS(=O)(=O)N2CCC(CC#N)C2)CC1. The third kappa shape index (κ3) is 4.28. The Morgan fingerprint density at radius 1 is 1.28 bits per heavy atom. The van der Waals surface area contributed by atoms with Crippen molar-refractivity contribution in [2.24, 2.45) is 16.8 Å². The van der Waals surface area contributed by atoms with Crippen LogP contribution in [0.5, 0.6) is 0 Å². The smallest absolute Gasteiger partial charge is 0.214 e. The number of anilines is 1. The fourth-order valence-corrected chi connectivity index (χ4v) is 6.86. The van der Waals surface area contributed by atoms with Gasteiger partial charge in [0.05, 0.1) is 17.4 Å². The van der Waals surface area contributed by atoms with Gasteiger partial charge < -0.3 is 15.2 Å². The monoisotopic (exact) mass is 418 g/mol. The topological polar surface area (TPSA) is 105 Å². The first-order chi connectivity index (χ1) is 14.0. The van der Waals surface area contributed by atoms with Crippen molar-refractivity contribution in [3.05, 3.63) is 17.8 Å². The van der Waals surface area contributed by atoms with Crippen molar-refractivity contribution in [2.45, 2.75) is 44.6 Å².